The number of nitrogens with one attached hydrogen (secondary N) is 1. The Bertz CT molecular complexity index is 1520. The molecule has 1 N–H and O–H groups in total. The maximum absolute atomic E-state index is 14.1. The second-order valence-electron chi connectivity index (χ2n) is 10.3. The SMILES string of the molecule is CN1CCN(c2cnn3c(N[C@@H]4CCC5=C(C4)c4ccccc4C5)nc(-c4cncc(F)c4)nc23)CC1. The normalized spacial score (nSPS) is 19.8. The average Bonchev–Trinajstić information content (AvgIpc) is 3.51. The highest BCUT2D eigenvalue weighted by Crippen LogP contribution is 2.42. The van der Waals surface area contributed by atoms with Crippen molar-refractivity contribution in [3.05, 3.63) is 71.4 Å². The van der Waals surface area contributed by atoms with Gasteiger partial charge in [-0.05, 0) is 55.5 Å². The van der Waals surface area contributed by atoms with Crippen LogP contribution >= 0.6 is 0 Å². The second-order valence-corrected chi connectivity index (χ2v) is 10.3. The van der Waals surface area contributed by atoms with Gasteiger partial charge in [-0.15, -0.1) is 0 Å². The molecule has 1 saturated heterocycles. The van der Waals surface area contributed by atoms with Crippen LogP contribution in [0.15, 0.2) is 54.5 Å². The van der Waals surface area contributed by atoms with E-state index in [-0.39, 0.29) is 6.04 Å². The number of hydrogen-bond acceptors (Lipinski definition) is 7. The molecule has 1 aliphatic heterocycles. The lowest BCUT2D eigenvalue weighted by molar-refractivity contribution is 0.313. The number of likely N-dealkylation sites (N-methyl/N-ethyl adjacent to an activating group) is 1. The Morgan fingerprint density at radius 2 is 1.89 bits per heavy atom. The quantitative estimate of drug-likeness (QED) is 0.457. The number of halogens is 1. The van der Waals surface area contributed by atoms with Gasteiger partial charge < -0.3 is 15.1 Å². The number of aromatic nitrogens is 5. The Labute approximate surface area is 214 Å². The van der Waals surface area contributed by atoms with Gasteiger partial charge in [-0.1, -0.05) is 29.8 Å². The van der Waals surface area contributed by atoms with Crippen LogP contribution in [0, 0.1) is 5.82 Å². The van der Waals surface area contributed by atoms with Crippen molar-refractivity contribution >= 4 is 22.9 Å². The largest absolute Gasteiger partial charge is 0.365 e. The van der Waals surface area contributed by atoms with Crippen molar-refractivity contribution in [3.63, 3.8) is 0 Å². The van der Waals surface area contributed by atoms with Crippen molar-refractivity contribution in [2.24, 2.45) is 0 Å². The smallest absolute Gasteiger partial charge is 0.228 e. The number of rotatable bonds is 4. The molecule has 0 saturated carbocycles. The van der Waals surface area contributed by atoms with Gasteiger partial charge in [0.25, 0.3) is 0 Å². The molecule has 0 spiro atoms. The molecule has 0 bridgehead atoms. The van der Waals surface area contributed by atoms with Crippen LogP contribution in [0.4, 0.5) is 16.0 Å². The third-order valence-electron chi connectivity index (χ3n) is 7.91. The molecular formula is C28H29FN8. The van der Waals surface area contributed by atoms with Crippen LogP contribution in [-0.4, -0.2) is 68.7 Å². The molecule has 0 unspecified atom stereocenters. The highest BCUT2D eigenvalue weighted by atomic mass is 19.1. The number of nitrogens with zero attached hydrogens (tertiary/aromatic N) is 7. The van der Waals surface area contributed by atoms with Crippen molar-refractivity contribution in [2.45, 2.75) is 31.7 Å². The molecule has 2 aliphatic carbocycles. The minimum atomic E-state index is -0.407. The Morgan fingerprint density at radius 1 is 1.03 bits per heavy atom. The molecule has 3 aromatic heterocycles. The number of piperazine rings is 1. The zero-order chi connectivity index (χ0) is 24.9. The summed E-state index contributed by atoms with van der Waals surface area (Å²) in [6.45, 7) is 3.77. The van der Waals surface area contributed by atoms with E-state index in [1.807, 2.05) is 6.20 Å². The number of pyridine rings is 1. The van der Waals surface area contributed by atoms with Gasteiger partial charge in [-0.2, -0.15) is 14.6 Å². The van der Waals surface area contributed by atoms with Crippen LogP contribution in [0.3, 0.4) is 0 Å². The molecule has 0 amide bonds. The van der Waals surface area contributed by atoms with Crippen molar-refractivity contribution in [1.82, 2.24) is 29.5 Å². The Balaban J connectivity index is 1.26. The molecule has 1 fully saturated rings. The first-order valence-corrected chi connectivity index (χ1v) is 13.0. The van der Waals surface area contributed by atoms with Crippen LogP contribution in [0.2, 0.25) is 0 Å². The Morgan fingerprint density at radius 3 is 2.76 bits per heavy atom. The summed E-state index contributed by atoms with van der Waals surface area (Å²) in [6.07, 6.45) is 8.80. The maximum atomic E-state index is 14.1. The predicted octanol–water partition coefficient (Wildman–Crippen LogP) is 4.05. The lowest BCUT2D eigenvalue weighted by atomic mass is 9.88. The molecule has 8 nitrogen and oxygen atoms in total. The molecule has 4 heterocycles. The summed E-state index contributed by atoms with van der Waals surface area (Å²) in [5.74, 6) is 0.666. The molecule has 1 aromatic carbocycles. The Kier molecular flexibility index (Phi) is 5.39. The number of benzene rings is 1. The highest BCUT2D eigenvalue weighted by molar-refractivity contribution is 5.78. The van der Waals surface area contributed by atoms with Crippen LogP contribution in [0.25, 0.3) is 22.6 Å². The van der Waals surface area contributed by atoms with Gasteiger partial charge in [0, 0.05) is 44.0 Å². The van der Waals surface area contributed by atoms with Gasteiger partial charge in [-0.3, -0.25) is 4.98 Å². The van der Waals surface area contributed by atoms with Crippen molar-refractivity contribution < 1.29 is 4.39 Å². The van der Waals surface area contributed by atoms with Gasteiger partial charge in [0.15, 0.2) is 11.5 Å². The van der Waals surface area contributed by atoms with E-state index in [1.165, 1.54) is 29.0 Å². The van der Waals surface area contributed by atoms with Crippen LogP contribution in [0.1, 0.15) is 30.4 Å². The fourth-order valence-electron chi connectivity index (χ4n) is 5.89. The van der Waals surface area contributed by atoms with Gasteiger partial charge in [0.05, 0.1) is 12.4 Å². The lowest BCUT2D eigenvalue weighted by Crippen LogP contribution is -2.44. The summed E-state index contributed by atoms with van der Waals surface area (Å²) >= 11 is 0. The first-order valence-electron chi connectivity index (χ1n) is 13.0. The number of fused-ring (bicyclic) bond motifs is 3. The minimum absolute atomic E-state index is 0.220. The molecule has 188 valence electrons. The first-order chi connectivity index (χ1) is 18.1. The first kappa shape index (κ1) is 22.4. The van der Waals surface area contributed by atoms with E-state index >= 15 is 0 Å². The number of allylic oxidation sites excluding steroid dienone is 1. The number of hydrogen-bond donors (Lipinski definition) is 1. The molecular weight excluding hydrogens is 467 g/mol. The van der Waals surface area contributed by atoms with Crippen molar-refractivity contribution in [1.29, 1.82) is 0 Å². The molecule has 1 atom stereocenters. The zero-order valence-corrected chi connectivity index (χ0v) is 20.9. The summed E-state index contributed by atoms with van der Waals surface area (Å²) in [5.41, 5.74) is 8.11. The standard InChI is InChI=1S/C28H29FN8/c1-35-8-10-36(11-9-35)25-17-31-37-27(25)33-26(20-13-21(29)16-30-15-20)34-28(37)32-22-7-6-19-12-18-4-2-3-5-23(18)24(19)14-22/h2-5,13,15-17,22H,6-12,14H2,1H3,(H,32,33,34)/t22-/m1/s1. The monoisotopic (exact) mass is 496 g/mol. The van der Waals surface area contributed by atoms with Crippen LogP contribution in [-0.2, 0) is 6.42 Å². The second kappa shape index (κ2) is 8.92. The summed E-state index contributed by atoms with van der Waals surface area (Å²) in [6, 6.07) is 10.4. The Hall–Kier alpha value is -3.85. The van der Waals surface area contributed by atoms with E-state index in [2.05, 4.69) is 51.4 Å². The summed E-state index contributed by atoms with van der Waals surface area (Å²) < 4.78 is 15.9. The van der Waals surface area contributed by atoms with E-state index in [0.717, 1.165) is 63.2 Å². The van der Waals surface area contributed by atoms with E-state index in [4.69, 9.17) is 15.1 Å². The van der Waals surface area contributed by atoms with Crippen molar-refractivity contribution in [2.75, 3.05) is 43.4 Å². The van der Waals surface area contributed by atoms with Crippen LogP contribution < -0.4 is 10.2 Å². The average molecular weight is 497 g/mol. The van der Waals surface area contributed by atoms with Crippen molar-refractivity contribution in [3.8, 4) is 11.4 Å². The summed E-state index contributed by atoms with van der Waals surface area (Å²) in [7, 11) is 2.14. The summed E-state index contributed by atoms with van der Waals surface area (Å²) in [5, 5.41) is 8.39. The lowest BCUT2D eigenvalue weighted by Gasteiger charge is -2.33. The molecule has 0 radical (unpaired) electrons. The molecule has 7 rings (SSSR count). The summed E-state index contributed by atoms with van der Waals surface area (Å²) in [4.78, 5) is 18.4. The fraction of sp³-hybridized carbons (Fsp3) is 0.357. The topological polar surface area (TPSA) is 74.5 Å². The molecule has 9 heteroatoms. The molecule has 4 aromatic rings. The van der Waals surface area contributed by atoms with Gasteiger partial charge in [0.2, 0.25) is 5.95 Å². The van der Waals surface area contributed by atoms with E-state index < -0.39 is 5.82 Å². The van der Waals surface area contributed by atoms with Gasteiger partial charge >= 0.3 is 0 Å². The van der Waals surface area contributed by atoms with E-state index in [9.17, 15) is 4.39 Å². The van der Waals surface area contributed by atoms with Crippen LogP contribution in [0.5, 0.6) is 0 Å². The van der Waals surface area contributed by atoms with Gasteiger partial charge in [-0.25, -0.2) is 9.37 Å². The molecule has 3 aliphatic rings. The van der Waals surface area contributed by atoms with E-state index in [1.54, 1.807) is 16.3 Å². The maximum Gasteiger partial charge on any atom is 0.228 e. The zero-order valence-electron chi connectivity index (χ0n) is 20.9. The minimum Gasteiger partial charge on any atom is -0.365 e. The third kappa shape index (κ3) is 4.03. The fourth-order valence-corrected chi connectivity index (χ4v) is 5.89. The number of anilines is 2. The molecule has 37 heavy (non-hydrogen) atoms. The third-order valence-corrected chi connectivity index (χ3v) is 7.91. The highest BCUT2D eigenvalue weighted by Gasteiger charge is 2.29. The van der Waals surface area contributed by atoms with E-state index in [0.29, 0.717) is 17.3 Å². The van der Waals surface area contributed by atoms with Gasteiger partial charge in [0.1, 0.15) is 11.5 Å². The predicted molar refractivity (Wildman–Crippen MR) is 142 cm³/mol.